The van der Waals surface area contributed by atoms with E-state index < -0.39 is 0 Å². The third-order valence-electron chi connectivity index (χ3n) is 3.17. The lowest BCUT2D eigenvalue weighted by Gasteiger charge is -2.10. The minimum atomic E-state index is -0.320. The summed E-state index contributed by atoms with van der Waals surface area (Å²) in [6, 6.07) is 8.45. The second-order valence-corrected chi connectivity index (χ2v) is 4.95. The first-order valence-corrected chi connectivity index (χ1v) is 6.99. The third kappa shape index (κ3) is 5.88. The van der Waals surface area contributed by atoms with Gasteiger partial charge in [-0.3, -0.25) is 4.89 Å². The number of benzene rings is 1. The molecule has 3 heteroatoms. The van der Waals surface area contributed by atoms with E-state index in [4.69, 9.17) is 0 Å². The summed E-state index contributed by atoms with van der Waals surface area (Å²) < 4.78 is 0. The molecule has 1 aromatic carbocycles. The monoisotopic (exact) mass is 264 g/mol. The molecule has 0 amide bonds. The number of hydrogen-bond acceptors (Lipinski definition) is 3. The molecule has 1 unspecified atom stereocenters. The molecule has 1 rings (SSSR count). The van der Waals surface area contributed by atoms with E-state index >= 15 is 0 Å². The van der Waals surface area contributed by atoms with Crippen molar-refractivity contribution >= 4 is 5.97 Å². The zero-order valence-electron chi connectivity index (χ0n) is 12.1. The van der Waals surface area contributed by atoms with Crippen molar-refractivity contribution in [3.63, 3.8) is 0 Å². The molecule has 1 aromatic rings. The van der Waals surface area contributed by atoms with Gasteiger partial charge < -0.3 is 0 Å². The number of carbonyl (C=O) groups excluding carboxylic acids is 1. The molecule has 0 aliphatic carbocycles. The van der Waals surface area contributed by atoms with Gasteiger partial charge in [0.1, 0.15) is 0 Å². The molecule has 0 bridgehead atoms. The summed E-state index contributed by atoms with van der Waals surface area (Å²) in [5.41, 5.74) is 2.52. The molecule has 0 N–H and O–H groups in total. The predicted molar refractivity (Wildman–Crippen MR) is 75.6 cm³/mol. The Morgan fingerprint density at radius 2 is 2.00 bits per heavy atom. The molecule has 1 atom stereocenters. The average Bonchev–Trinajstić information content (AvgIpc) is 2.40. The van der Waals surface area contributed by atoms with Gasteiger partial charge in [-0.15, -0.1) is 0 Å². The van der Waals surface area contributed by atoms with Gasteiger partial charge in [-0.1, -0.05) is 51.0 Å². The van der Waals surface area contributed by atoms with Gasteiger partial charge in [0.2, 0.25) is 0 Å². The van der Waals surface area contributed by atoms with Crippen molar-refractivity contribution < 1.29 is 14.6 Å². The van der Waals surface area contributed by atoms with Crippen LogP contribution in [0.5, 0.6) is 0 Å². The molecular formula is C16H24O3. The molecule has 0 fully saturated rings. The Bertz CT molecular complexity index is 387. The summed E-state index contributed by atoms with van der Waals surface area (Å²) in [4.78, 5) is 20.4. The molecule has 0 saturated heterocycles. The second-order valence-electron chi connectivity index (χ2n) is 4.95. The minimum absolute atomic E-state index is 0.189. The fourth-order valence-electron chi connectivity index (χ4n) is 2.09. The molecule has 19 heavy (non-hydrogen) atoms. The summed E-state index contributed by atoms with van der Waals surface area (Å²) in [7, 11) is 1.35. The molecule has 0 heterocycles. The molecule has 0 spiro atoms. The second kappa shape index (κ2) is 8.70. The van der Waals surface area contributed by atoms with Crippen molar-refractivity contribution in [1.29, 1.82) is 0 Å². The first kappa shape index (κ1) is 15.7. The zero-order valence-corrected chi connectivity index (χ0v) is 12.1. The molecular weight excluding hydrogens is 240 g/mol. The molecule has 0 aromatic heterocycles. The highest BCUT2D eigenvalue weighted by Crippen LogP contribution is 2.14. The van der Waals surface area contributed by atoms with E-state index in [1.165, 1.54) is 37.5 Å². The minimum Gasteiger partial charge on any atom is -0.298 e. The van der Waals surface area contributed by atoms with Crippen LogP contribution in [0.4, 0.5) is 0 Å². The fourth-order valence-corrected chi connectivity index (χ4v) is 2.09. The Hall–Kier alpha value is -1.35. The normalized spacial score (nSPS) is 12.2. The highest BCUT2D eigenvalue weighted by Gasteiger charge is 2.15. The van der Waals surface area contributed by atoms with Crippen molar-refractivity contribution in [1.82, 2.24) is 0 Å². The van der Waals surface area contributed by atoms with Crippen LogP contribution in [0.2, 0.25) is 0 Å². The topological polar surface area (TPSA) is 35.5 Å². The van der Waals surface area contributed by atoms with Crippen LogP contribution in [0.3, 0.4) is 0 Å². The zero-order chi connectivity index (χ0) is 14.1. The van der Waals surface area contributed by atoms with E-state index in [-0.39, 0.29) is 11.9 Å². The van der Waals surface area contributed by atoms with E-state index in [1.54, 1.807) is 0 Å². The molecule has 106 valence electrons. The first-order valence-electron chi connectivity index (χ1n) is 6.99. The number of aryl methyl sites for hydroxylation is 1. The Balaban J connectivity index is 2.53. The van der Waals surface area contributed by atoms with Crippen LogP contribution < -0.4 is 0 Å². The highest BCUT2D eigenvalue weighted by atomic mass is 17.2. The lowest BCUT2D eigenvalue weighted by molar-refractivity contribution is -0.258. The maximum Gasteiger partial charge on any atom is 0.345 e. The van der Waals surface area contributed by atoms with Gasteiger partial charge in [0.15, 0.2) is 0 Å². The number of carbonyl (C=O) groups is 1. The van der Waals surface area contributed by atoms with Gasteiger partial charge in [-0.25, -0.2) is 4.79 Å². The highest BCUT2D eigenvalue weighted by molar-refractivity contribution is 5.71. The molecule has 3 nitrogen and oxygen atoms in total. The maximum absolute atomic E-state index is 11.5. The van der Waals surface area contributed by atoms with Crippen molar-refractivity contribution in [3.05, 3.63) is 35.4 Å². The van der Waals surface area contributed by atoms with E-state index in [9.17, 15) is 4.79 Å². The van der Waals surface area contributed by atoms with Crippen LogP contribution in [-0.2, 0) is 27.4 Å². The number of hydrogen-bond donors (Lipinski definition) is 0. The van der Waals surface area contributed by atoms with E-state index in [2.05, 4.69) is 41.0 Å². The van der Waals surface area contributed by atoms with E-state index in [1.807, 2.05) is 6.92 Å². The Labute approximate surface area is 115 Å². The Kier molecular flexibility index (Phi) is 7.19. The largest absolute Gasteiger partial charge is 0.345 e. The van der Waals surface area contributed by atoms with Gasteiger partial charge in [0.25, 0.3) is 0 Å². The van der Waals surface area contributed by atoms with Gasteiger partial charge in [-0.2, -0.15) is 4.89 Å². The van der Waals surface area contributed by atoms with Crippen molar-refractivity contribution in [3.8, 4) is 0 Å². The van der Waals surface area contributed by atoms with Crippen LogP contribution in [0.25, 0.3) is 0 Å². The summed E-state index contributed by atoms with van der Waals surface area (Å²) in [6.07, 6.45) is 5.52. The van der Waals surface area contributed by atoms with Gasteiger partial charge in [0, 0.05) is 0 Å². The van der Waals surface area contributed by atoms with Crippen molar-refractivity contribution in [2.45, 2.75) is 46.0 Å². The Morgan fingerprint density at radius 1 is 1.26 bits per heavy atom. The smallest absolute Gasteiger partial charge is 0.298 e. The Morgan fingerprint density at radius 3 is 2.68 bits per heavy atom. The van der Waals surface area contributed by atoms with Crippen molar-refractivity contribution in [2.24, 2.45) is 5.92 Å². The van der Waals surface area contributed by atoms with Crippen LogP contribution in [0, 0.1) is 5.92 Å². The molecule has 0 aliphatic rings. The van der Waals surface area contributed by atoms with Crippen LogP contribution >= 0.6 is 0 Å². The summed E-state index contributed by atoms with van der Waals surface area (Å²) in [5, 5.41) is 0. The first-order chi connectivity index (χ1) is 9.17. The SMILES string of the molecule is CCCCCc1cccc(CC(C)C(=O)OOC)c1. The number of rotatable bonds is 8. The van der Waals surface area contributed by atoms with Crippen molar-refractivity contribution in [2.75, 3.05) is 7.11 Å². The predicted octanol–water partition coefficient (Wildman–Crippen LogP) is 3.70. The van der Waals surface area contributed by atoms with Crippen LogP contribution in [-0.4, -0.2) is 13.1 Å². The van der Waals surface area contributed by atoms with Gasteiger partial charge in [0.05, 0.1) is 13.0 Å². The van der Waals surface area contributed by atoms with E-state index in [0.717, 1.165) is 6.42 Å². The molecule has 0 aliphatic heterocycles. The number of unbranched alkanes of at least 4 members (excludes halogenated alkanes) is 2. The molecule has 0 saturated carbocycles. The summed E-state index contributed by atoms with van der Waals surface area (Å²) in [5.74, 6) is -0.510. The maximum atomic E-state index is 11.5. The summed E-state index contributed by atoms with van der Waals surface area (Å²) in [6.45, 7) is 4.06. The fraction of sp³-hybridized carbons (Fsp3) is 0.562. The standard InChI is InChI=1S/C16H24O3/c1-4-5-6-8-14-9-7-10-15(12-14)11-13(2)16(17)19-18-3/h7,9-10,12-13H,4-6,8,11H2,1-3H3. The van der Waals surface area contributed by atoms with Gasteiger partial charge in [-0.05, 0) is 30.4 Å². The summed E-state index contributed by atoms with van der Waals surface area (Å²) >= 11 is 0. The average molecular weight is 264 g/mol. The van der Waals surface area contributed by atoms with E-state index in [0.29, 0.717) is 6.42 Å². The van der Waals surface area contributed by atoms with Crippen LogP contribution in [0.15, 0.2) is 24.3 Å². The lowest BCUT2D eigenvalue weighted by atomic mass is 9.98. The van der Waals surface area contributed by atoms with Gasteiger partial charge >= 0.3 is 5.97 Å². The van der Waals surface area contributed by atoms with Crippen LogP contribution in [0.1, 0.15) is 44.2 Å². The molecule has 0 radical (unpaired) electrons. The quantitative estimate of drug-likeness (QED) is 0.408. The lowest BCUT2D eigenvalue weighted by Crippen LogP contribution is -2.16. The third-order valence-corrected chi connectivity index (χ3v) is 3.17.